The van der Waals surface area contributed by atoms with Gasteiger partial charge in [-0.05, 0) is 38.8 Å². The van der Waals surface area contributed by atoms with E-state index in [0.29, 0.717) is 0 Å². The summed E-state index contributed by atoms with van der Waals surface area (Å²) in [5.41, 5.74) is 0. The molecule has 14 heavy (non-hydrogen) atoms. The molecule has 1 aliphatic carbocycles. The second-order valence-electron chi connectivity index (χ2n) is 5.27. The van der Waals surface area contributed by atoms with Crippen LogP contribution in [0.25, 0.3) is 0 Å². The van der Waals surface area contributed by atoms with E-state index in [9.17, 15) is 0 Å². The molecule has 1 saturated carbocycles. The van der Waals surface area contributed by atoms with Crippen molar-refractivity contribution >= 4 is 0 Å². The minimum absolute atomic E-state index is 0.844. The van der Waals surface area contributed by atoms with Gasteiger partial charge >= 0.3 is 0 Å². The van der Waals surface area contributed by atoms with Gasteiger partial charge in [-0.2, -0.15) is 0 Å². The molecule has 1 saturated heterocycles. The van der Waals surface area contributed by atoms with Crippen LogP contribution in [-0.2, 0) is 0 Å². The molecule has 2 nitrogen and oxygen atoms in total. The summed E-state index contributed by atoms with van der Waals surface area (Å²) in [5, 5.41) is 3.41. The Morgan fingerprint density at radius 1 is 1.00 bits per heavy atom. The van der Waals surface area contributed by atoms with Crippen molar-refractivity contribution in [3.63, 3.8) is 0 Å². The molecule has 1 atom stereocenters. The molecule has 0 bridgehead atoms. The van der Waals surface area contributed by atoms with Crippen molar-refractivity contribution in [1.29, 1.82) is 0 Å². The third-order valence-electron chi connectivity index (χ3n) is 4.03. The lowest BCUT2D eigenvalue weighted by Gasteiger charge is -2.44. The molecule has 0 amide bonds. The summed E-state index contributed by atoms with van der Waals surface area (Å²) in [6.45, 7) is 2.50. The van der Waals surface area contributed by atoms with Crippen molar-refractivity contribution in [2.24, 2.45) is 11.8 Å². The molecule has 1 heterocycles. The van der Waals surface area contributed by atoms with Crippen LogP contribution >= 0.6 is 0 Å². The van der Waals surface area contributed by atoms with Crippen LogP contribution in [0.15, 0.2) is 0 Å². The Morgan fingerprint density at radius 2 is 1.64 bits per heavy atom. The van der Waals surface area contributed by atoms with Gasteiger partial charge in [-0.25, -0.2) is 0 Å². The van der Waals surface area contributed by atoms with E-state index in [1.54, 1.807) is 0 Å². The zero-order valence-corrected chi connectivity index (χ0v) is 9.63. The zero-order valence-electron chi connectivity index (χ0n) is 9.63. The molecule has 2 rings (SSSR count). The minimum atomic E-state index is 0.844. The van der Waals surface area contributed by atoms with E-state index >= 15 is 0 Å². The van der Waals surface area contributed by atoms with Crippen molar-refractivity contribution in [2.75, 3.05) is 27.2 Å². The maximum Gasteiger partial charge on any atom is 0.0170 e. The van der Waals surface area contributed by atoms with Gasteiger partial charge in [0, 0.05) is 19.1 Å². The molecule has 2 fully saturated rings. The first-order chi connectivity index (χ1) is 6.79. The summed E-state index contributed by atoms with van der Waals surface area (Å²) in [4.78, 5) is 2.47. The molecular formula is C12H24N2. The van der Waals surface area contributed by atoms with Gasteiger partial charge in [0.25, 0.3) is 0 Å². The number of hydrogen-bond donors (Lipinski definition) is 1. The fourth-order valence-corrected chi connectivity index (χ4v) is 3.26. The maximum atomic E-state index is 3.41. The van der Waals surface area contributed by atoms with Crippen molar-refractivity contribution in [3.8, 4) is 0 Å². The predicted octanol–water partition coefficient (Wildman–Crippen LogP) is 1.72. The second-order valence-corrected chi connectivity index (χ2v) is 5.27. The van der Waals surface area contributed by atoms with Crippen LogP contribution in [0.5, 0.6) is 0 Å². The van der Waals surface area contributed by atoms with Gasteiger partial charge in [-0.3, -0.25) is 0 Å². The molecule has 0 spiro atoms. The van der Waals surface area contributed by atoms with E-state index in [1.807, 2.05) is 0 Å². The van der Waals surface area contributed by atoms with Gasteiger partial charge in [-0.1, -0.05) is 19.3 Å². The minimum Gasteiger partial charge on any atom is -0.316 e. The first kappa shape index (κ1) is 10.4. The lowest BCUT2D eigenvalue weighted by atomic mass is 9.76. The highest BCUT2D eigenvalue weighted by Crippen LogP contribution is 2.32. The molecule has 0 aromatic carbocycles. The zero-order chi connectivity index (χ0) is 9.97. The largest absolute Gasteiger partial charge is 0.316 e. The normalized spacial score (nSPS) is 27.6. The van der Waals surface area contributed by atoms with Crippen molar-refractivity contribution in [3.05, 3.63) is 0 Å². The smallest absolute Gasteiger partial charge is 0.0170 e. The Kier molecular flexibility index (Phi) is 3.45. The number of rotatable bonds is 3. The third kappa shape index (κ3) is 2.12. The second kappa shape index (κ2) is 4.63. The average Bonchev–Trinajstić information content (AvgIpc) is 2.12. The molecule has 1 unspecified atom stereocenters. The summed E-state index contributed by atoms with van der Waals surface area (Å²) in [6, 6.07) is 0.844. The summed E-state index contributed by atoms with van der Waals surface area (Å²) in [5.74, 6) is 1.90. The molecule has 1 N–H and O–H groups in total. The quantitative estimate of drug-likeness (QED) is 0.739. The molecule has 2 heteroatoms. The summed E-state index contributed by atoms with van der Waals surface area (Å²) < 4.78 is 0. The van der Waals surface area contributed by atoms with Crippen molar-refractivity contribution < 1.29 is 0 Å². The Hall–Kier alpha value is -0.0800. The van der Waals surface area contributed by atoms with E-state index < -0.39 is 0 Å². The molecule has 82 valence electrons. The number of hydrogen-bond acceptors (Lipinski definition) is 2. The standard InChI is InChI=1S/C12H24N2/c1-14(2)12(11-8-13-9-11)10-6-4-3-5-7-10/h10-13H,3-9H2,1-2H3. The van der Waals surface area contributed by atoms with Gasteiger partial charge in [0.15, 0.2) is 0 Å². The van der Waals surface area contributed by atoms with Crippen LogP contribution in [0.2, 0.25) is 0 Å². The maximum absolute atomic E-state index is 3.41. The van der Waals surface area contributed by atoms with Crippen LogP contribution in [0.4, 0.5) is 0 Å². The Labute approximate surface area is 88.1 Å². The van der Waals surface area contributed by atoms with E-state index in [0.717, 1.165) is 17.9 Å². The Morgan fingerprint density at radius 3 is 2.07 bits per heavy atom. The van der Waals surface area contributed by atoms with Crippen LogP contribution < -0.4 is 5.32 Å². The molecule has 0 aromatic rings. The van der Waals surface area contributed by atoms with Crippen LogP contribution in [0.3, 0.4) is 0 Å². The summed E-state index contributed by atoms with van der Waals surface area (Å²) in [7, 11) is 4.52. The highest BCUT2D eigenvalue weighted by atomic mass is 15.1. The highest BCUT2D eigenvalue weighted by molar-refractivity contribution is 4.91. The fraction of sp³-hybridized carbons (Fsp3) is 1.00. The topological polar surface area (TPSA) is 15.3 Å². The van der Waals surface area contributed by atoms with Gasteiger partial charge in [0.1, 0.15) is 0 Å². The van der Waals surface area contributed by atoms with Crippen LogP contribution in [0, 0.1) is 11.8 Å². The lowest BCUT2D eigenvalue weighted by Crippen LogP contribution is -2.55. The first-order valence-electron chi connectivity index (χ1n) is 6.16. The number of nitrogens with zero attached hydrogens (tertiary/aromatic N) is 1. The molecule has 2 aliphatic rings. The van der Waals surface area contributed by atoms with Crippen LogP contribution in [-0.4, -0.2) is 38.1 Å². The van der Waals surface area contributed by atoms with E-state index in [2.05, 4.69) is 24.3 Å². The third-order valence-corrected chi connectivity index (χ3v) is 4.03. The highest BCUT2D eigenvalue weighted by Gasteiger charge is 2.34. The number of nitrogens with one attached hydrogen (secondary N) is 1. The van der Waals surface area contributed by atoms with Crippen molar-refractivity contribution in [2.45, 2.75) is 38.1 Å². The van der Waals surface area contributed by atoms with E-state index in [-0.39, 0.29) is 0 Å². The van der Waals surface area contributed by atoms with E-state index in [1.165, 1.54) is 45.2 Å². The monoisotopic (exact) mass is 196 g/mol. The molecule has 0 radical (unpaired) electrons. The first-order valence-corrected chi connectivity index (χ1v) is 6.16. The van der Waals surface area contributed by atoms with Gasteiger partial charge in [-0.15, -0.1) is 0 Å². The van der Waals surface area contributed by atoms with Crippen molar-refractivity contribution in [1.82, 2.24) is 10.2 Å². The molecule has 1 aliphatic heterocycles. The Bertz CT molecular complexity index is 169. The van der Waals surface area contributed by atoms with Gasteiger partial charge < -0.3 is 10.2 Å². The van der Waals surface area contributed by atoms with Gasteiger partial charge in [0.2, 0.25) is 0 Å². The predicted molar refractivity (Wildman–Crippen MR) is 60.4 cm³/mol. The van der Waals surface area contributed by atoms with Gasteiger partial charge in [0.05, 0.1) is 0 Å². The fourth-order valence-electron chi connectivity index (χ4n) is 3.26. The Balaban J connectivity index is 1.93. The molecular weight excluding hydrogens is 172 g/mol. The van der Waals surface area contributed by atoms with Crippen LogP contribution in [0.1, 0.15) is 32.1 Å². The average molecular weight is 196 g/mol. The van der Waals surface area contributed by atoms with E-state index in [4.69, 9.17) is 0 Å². The summed E-state index contributed by atoms with van der Waals surface area (Å²) >= 11 is 0. The SMILES string of the molecule is CN(C)C(C1CCCCC1)C1CNC1. The molecule has 0 aromatic heterocycles. The lowest BCUT2D eigenvalue weighted by molar-refractivity contribution is 0.0841. The summed E-state index contributed by atoms with van der Waals surface area (Å²) in [6.07, 6.45) is 7.35.